The van der Waals surface area contributed by atoms with Crippen LogP contribution in [0.25, 0.3) is 0 Å². The molecule has 156 valence electrons. The Morgan fingerprint density at radius 2 is 1.69 bits per heavy atom. The van der Waals surface area contributed by atoms with E-state index in [1.165, 1.54) is 11.1 Å². The Morgan fingerprint density at radius 3 is 2.38 bits per heavy atom. The van der Waals surface area contributed by atoms with Gasteiger partial charge in [0.2, 0.25) is 5.91 Å². The Labute approximate surface area is 174 Å². The first-order chi connectivity index (χ1) is 13.9. The molecule has 0 aromatic heterocycles. The third-order valence-electron chi connectivity index (χ3n) is 5.81. The van der Waals surface area contributed by atoms with Crippen LogP contribution in [0, 0.1) is 20.8 Å². The maximum absolute atomic E-state index is 12.8. The number of rotatable bonds is 6. The predicted octanol–water partition coefficient (Wildman–Crippen LogP) is 3.77. The van der Waals surface area contributed by atoms with Crippen LogP contribution in [-0.2, 0) is 11.3 Å². The lowest BCUT2D eigenvalue weighted by Gasteiger charge is -2.37. The fourth-order valence-corrected chi connectivity index (χ4v) is 3.85. The first-order valence-corrected chi connectivity index (χ1v) is 10.4. The maximum Gasteiger partial charge on any atom is 0.241 e. The fourth-order valence-electron chi connectivity index (χ4n) is 3.85. The molecule has 0 aliphatic carbocycles. The zero-order valence-electron chi connectivity index (χ0n) is 18.3. The highest BCUT2D eigenvalue weighted by atomic mass is 16.5. The molecule has 0 unspecified atom stereocenters. The number of nitrogens with one attached hydrogen (secondary N) is 1. The van der Waals surface area contributed by atoms with Crippen molar-refractivity contribution in [1.29, 1.82) is 0 Å². The van der Waals surface area contributed by atoms with Crippen molar-refractivity contribution in [3.63, 3.8) is 0 Å². The third kappa shape index (κ3) is 5.37. The van der Waals surface area contributed by atoms with Crippen LogP contribution in [0.4, 0.5) is 5.69 Å². The number of nitrogens with zero attached hydrogens (tertiary/aromatic N) is 2. The minimum Gasteiger partial charge on any atom is -0.496 e. The van der Waals surface area contributed by atoms with Crippen LogP contribution in [-0.4, -0.2) is 55.0 Å². The number of carbonyl (C=O) groups excluding carboxylic acids is 1. The van der Waals surface area contributed by atoms with Gasteiger partial charge in [-0.1, -0.05) is 29.8 Å². The fraction of sp³-hybridized carbons (Fsp3) is 0.458. The Hall–Kier alpha value is -2.37. The molecule has 2 aromatic carbocycles. The lowest BCUT2D eigenvalue weighted by molar-refractivity contribution is -0.121. The number of methoxy groups -OCH3 is 1. The zero-order chi connectivity index (χ0) is 21.0. The SMILES string of the molecule is COc1ccc(C)cc1CN1CCN([C@H](C)C(=O)Nc2cc(C)ccc2C)CC1. The molecule has 1 heterocycles. The van der Waals surface area contributed by atoms with E-state index in [2.05, 4.69) is 40.2 Å². The quantitative estimate of drug-likeness (QED) is 0.809. The van der Waals surface area contributed by atoms with Gasteiger partial charge in [0, 0.05) is 44.0 Å². The number of anilines is 1. The zero-order valence-corrected chi connectivity index (χ0v) is 18.3. The molecule has 5 heteroatoms. The summed E-state index contributed by atoms with van der Waals surface area (Å²) >= 11 is 0. The van der Waals surface area contributed by atoms with E-state index in [0.29, 0.717) is 0 Å². The minimum absolute atomic E-state index is 0.0625. The van der Waals surface area contributed by atoms with Gasteiger partial charge in [-0.3, -0.25) is 14.6 Å². The highest BCUT2D eigenvalue weighted by Crippen LogP contribution is 2.22. The Balaban J connectivity index is 1.55. The molecule has 1 aliphatic rings. The van der Waals surface area contributed by atoms with Gasteiger partial charge in [0.25, 0.3) is 0 Å². The number of benzene rings is 2. The summed E-state index contributed by atoms with van der Waals surface area (Å²) in [4.78, 5) is 17.5. The molecule has 0 radical (unpaired) electrons. The molecule has 1 amide bonds. The smallest absolute Gasteiger partial charge is 0.241 e. The number of carbonyl (C=O) groups is 1. The summed E-state index contributed by atoms with van der Waals surface area (Å²) in [5.74, 6) is 1.01. The first-order valence-electron chi connectivity index (χ1n) is 10.4. The second kappa shape index (κ2) is 9.42. The van der Waals surface area contributed by atoms with E-state index in [9.17, 15) is 4.79 Å². The predicted molar refractivity (Wildman–Crippen MR) is 119 cm³/mol. The van der Waals surface area contributed by atoms with Gasteiger partial charge in [0.15, 0.2) is 0 Å². The minimum atomic E-state index is -0.148. The van der Waals surface area contributed by atoms with E-state index >= 15 is 0 Å². The average molecular weight is 396 g/mol. The van der Waals surface area contributed by atoms with Gasteiger partial charge in [-0.2, -0.15) is 0 Å². The van der Waals surface area contributed by atoms with Crippen LogP contribution in [0.5, 0.6) is 5.75 Å². The van der Waals surface area contributed by atoms with Crippen molar-refractivity contribution in [3.8, 4) is 5.75 Å². The molecule has 29 heavy (non-hydrogen) atoms. The van der Waals surface area contributed by atoms with Crippen molar-refractivity contribution in [2.75, 3.05) is 38.6 Å². The third-order valence-corrected chi connectivity index (χ3v) is 5.81. The molecule has 2 aromatic rings. The van der Waals surface area contributed by atoms with Crippen LogP contribution in [0.1, 0.15) is 29.2 Å². The van der Waals surface area contributed by atoms with E-state index in [1.54, 1.807) is 7.11 Å². The number of piperazine rings is 1. The molecule has 5 nitrogen and oxygen atoms in total. The van der Waals surface area contributed by atoms with Crippen LogP contribution in [0.15, 0.2) is 36.4 Å². The standard InChI is InChI=1S/C24H33N3O2/c1-17-7-9-23(29-5)21(14-17)16-26-10-12-27(13-11-26)20(4)24(28)25-22-15-18(2)6-8-19(22)3/h6-9,14-15,20H,10-13,16H2,1-5H3,(H,25,28)/t20-/m1/s1. The number of hydrogen-bond donors (Lipinski definition) is 1. The Kier molecular flexibility index (Phi) is 6.93. The summed E-state index contributed by atoms with van der Waals surface area (Å²) in [6.07, 6.45) is 0. The van der Waals surface area contributed by atoms with Gasteiger partial charge in [-0.15, -0.1) is 0 Å². The summed E-state index contributed by atoms with van der Waals surface area (Å²) in [6, 6.07) is 12.3. The number of hydrogen-bond acceptors (Lipinski definition) is 4. The second-order valence-electron chi connectivity index (χ2n) is 8.11. The monoisotopic (exact) mass is 395 g/mol. The van der Waals surface area contributed by atoms with Gasteiger partial charge in [0.1, 0.15) is 5.75 Å². The molecule has 1 atom stereocenters. The van der Waals surface area contributed by atoms with Crippen LogP contribution in [0.3, 0.4) is 0 Å². The number of ether oxygens (including phenoxy) is 1. The van der Waals surface area contributed by atoms with E-state index in [4.69, 9.17) is 4.74 Å². The molecule has 0 saturated carbocycles. The van der Waals surface area contributed by atoms with Crippen LogP contribution >= 0.6 is 0 Å². The van der Waals surface area contributed by atoms with Crippen molar-refractivity contribution >= 4 is 11.6 Å². The molecule has 0 spiro atoms. The Bertz CT molecular complexity index is 857. The van der Waals surface area contributed by atoms with Crippen LogP contribution < -0.4 is 10.1 Å². The maximum atomic E-state index is 12.8. The van der Waals surface area contributed by atoms with Crippen molar-refractivity contribution in [2.45, 2.75) is 40.3 Å². The summed E-state index contributed by atoms with van der Waals surface area (Å²) in [7, 11) is 1.72. The number of aryl methyl sites for hydroxylation is 3. The summed E-state index contributed by atoms with van der Waals surface area (Å²) < 4.78 is 5.52. The molecular weight excluding hydrogens is 362 g/mol. The lowest BCUT2D eigenvalue weighted by atomic mass is 10.1. The molecule has 1 saturated heterocycles. The van der Waals surface area contributed by atoms with Gasteiger partial charge < -0.3 is 10.1 Å². The largest absolute Gasteiger partial charge is 0.496 e. The summed E-state index contributed by atoms with van der Waals surface area (Å²) in [5.41, 5.74) is 5.62. The molecule has 1 aliphatic heterocycles. The van der Waals surface area contributed by atoms with Crippen molar-refractivity contribution in [3.05, 3.63) is 58.7 Å². The van der Waals surface area contributed by atoms with E-state index < -0.39 is 0 Å². The molecule has 3 rings (SSSR count). The normalized spacial score (nSPS) is 16.4. The van der Waals surface area contributed by atoms with Gasteiger partial charge in [-0.25, -0.2) is 0 Å². The highest BCUT2D eigenvalue weighted by molar-refractivity contribution is 5.95. The first kappa shape index (κ1) is 21.3. The van der Waals surface area contributed by atoms with Crippen molar-refractivity contribution < 1.29 is 9.53 Å². The molecule has 1 N–H and O–H groups in total. The molecule has 0 bridgehead atoms. The second-order valence-corrected chi connectivity index (χ2v) is 8.11. The van der Waals surface area contributed by atoms with Crippen molar-refractivity contribution in [2.24, 2.45) is 0 Å². The molecule has 1 fully saturated rings. The van der Waals surface area contributed by atoms with Crippen LogP contribution in [0.2, 0.25) is 0 Å². The summed E-state index contributed by atoms with van der Waals surface area (Å²) in [6.45, 7) is 12.7. The van der Waals surface area contributed by atoms with Crippen molar-refractivity contribution in [1.82, 2.24) is 9.80 Å². The van der Waals surface area contributed by atoms with E-state index in [0.717, 1.165) is 55.3 Å². The van der Waals surface area contributed by atoms with Gasteiger partial charge in [0.05, 0.1) is 13.2 Å². The van der Waals surface area contributed by atoms with Gasteiger partial charge >= 0.3 is 0 Å². The molecular formula is C24H33N3O2. The Morgan fingerprint density at radius 1 is 1.03 bits per heavy atom. The summed E-state index contributed by atoms with van der Waals surface area (Å²) in [5, 5.41) is 3.11. The number of amides is 1. The van der Waals surface area contributed by atoms with Gasteiger partial charge in [-0.05, 0) is 51.0 Å². The van der Waals surface area contributed by atoms with E-state index in [-0.39, 0.29) is 11.9 Å². The average Bonchev–Trinajstić information content (AvgIpc) is 2.71. The topological polar surface area (TPSA) is 44.8 Å². The lowest BCUT2D eigenvalue weighted by Crippen LogP contribution is -2.52. The highest BCUT2D eigenvalue weighted by Gasteiger charge is 2.26. The van der Waals surface area contributed by atoms with E-state index in [1.807, 2.05) is 39.0 Å².